The fourth-order valence-electron chi connectivity index (χ4n) is 3.68. The van der Waals surface area contributed by atoms with Crippen LogP contribution in [0, 0.1) is 0 Å². The predicted molar refractivity (Wildman–Crippen MR) is 127 cm³/mol. The molecule has 1 N–H and O–H groups in total. The fraction of sp³-hybridized carbons (Fsp3) is 0.269. The minimum atomic E-state index is -5.23. The van der Waals surface area contributed by atoms with Crippen LogP contribution >= 0.6 is 0 Å². The number of benzene rings is 3. The van der Waals surface area contributed by atoms with Gasteiger partial charge in [0.05, 0.1) is 27.9 Å². The van der Waals surface area contributed by atoms with Gasteiger partial charge in [-0.2, -0.15) is 52.7 Å². The van der Waals surface area contributed by atoms with Crippen LogP contribution in [0.3, 0.4) is 0 Å². The fourth-order valence-corrected chi connectivity index (χ4v) is 3.68. The molecule has 3 nitrogen and oxygen atoms in total. The molecule has 0 fully saturated rings. The van der Waals surface area contributed by atoms with Gasteiger partial charge in [-0.1, -0.05) is 24.3 Å². The number of rotatable bonds is 5. The van der Waals surface area contributed by atoms with E-state index in [0.29, 0.717) is 17.7 Å². The first-order chi connectivity index (χ1) is 18.6. The van der Waals surface area contributed by atoms with Crippen molar-refractivity contribution in [3.8, 4) is 0 Å². The number of amidine groups is 1. The molecule has 0 amide bonds. The van der Waals surface area contributed by atoms with Crippen molar-refractivity contribution in [3.05, 3.63) is 94.0 Å². The smallest absolute Gasteiger partial charge is 0.340 e. The molecule has 0 bridgehead atoms. The van der Waals surface area contributed by atoms with E-state index in [0.717, 1.165) is 0 Å². The van der Waals surface area contributed by atoms with Crippen molar-refractivity contribution in [1.29, 1.82) is 0 Å². The van der Waals surface area contributed by atoms with Gasteiger partial charge in [-0.3, -0.25) is 0 Å². The summed E-state index contributed by atoms with van der Waals surface area (Å²) in [5.74, 6) is -0.595. The monoisotopic (exact) mass is 601 g/mol. The van der Waals surface area contributed by atoms with Crippen molar-refractivity contribution >= 4 is 17.2 Å². The minimum absolute atomic E-state index is 0.00172. The molecule has 3 aromatic rings. The Hall–Kier alpha value is -3.75. The van der Waals surface area contributed by atoms with Gasteiger partial charge >= 0.3 is 24.7 Å². The number of alkyl halides is 12. The number of nitrogens with zero attached hydrogens (tertiary/aromatic N) is 2. The van der Waals surface area contributed by atoms with Crippen molar-refractivity contribution < 1.29 is 52.7 Å². The number of halogens is 12. The predicted octanol–water partition coefficient (Wildman–Crippen LogP) is 9.01. The Morgan fingerprint density at radius 1 is 0.634 bits per heavy atom. The lowest BCUT2D eigenvalue weighted by molar-refractivity contribution is -0.144. The van der Waals surface area contributed by atoms with E-state index >= 15 is 0 Å². The van der Waals surface area contributed by atoms with Crippen LogP contribution in [-0.2, 0) is 31.2 Å². The summed E-state index contributed by atoms with van der Waals surface area (Å²) in [6, 6.07) is 6.62. The molecule has 0 aliphatic rings. The molecule has 0 saturated carbocycles. The minimum Gasteiger partial charge on any atom is -0.340 e. The molecule has 0 saturated heterocycles. The zero-order valence-corrected chi connectivity index (χ0v) is 20.9. The first-order valence-electron chi connectivity index (χ1n) is 11.3. The van der Waals surface area contributed by atoms with Crippen LogP contribution in [0.15, 0.2) is 65.7 Å². The quantitative estimate of drug-likeness (QED) is 0.180. The maximum Gasteiger partial charge on any atom is 0.416 e. The SMILES string of the molecule is CN(C)Cc1ccccc1C(=Nc1cc(C(F)(F)F)cc(C(F)(F)F)c1)Nc1cc(C(F)(F)F)cc(C(F)(F)F)c1. The summed E-state index contributed by atoms with van der Waals surface area (Å²) >= 11 is 0. The second-order valence-corrected chi connectivity index (χ2v) is 9.04. The van der Waals surface area contributed by atoms with E-state index in [1.54, 1.807) is 19.0 Å². The maximum atomic E-state index is 13.4. The Labute approximate surface area is 225 Å². The molecular weight excluding hydrogens is 582 g/mol. The average molecular weight is 601 g/mol. The highest BCUT2D eigenvalue weighted by atomic mass is 19.4. The molecule has 41 heavy (non-hydrogen) atoms. The molecular formula is C26H19F12N3. The zero-order valence-electron chi connectivity index (χ0n) is 20.9. The molecule has 3 aromatic carbocycles. The number of hydrogen-bond donors (Lipinski definition) is 1. The summed E-state index contributed by atoms with van der Waals surface area (Å²) in [4.78, 5) is 5.47. The second kappa shape index (κ2) is 11.3. The highest BCUT2D eigenvalue weighted by molar-refractivity contribution is 6.10. The average Bonchev–Trinajstić information content (AvgIpc) is 2.81. The Balaban J connectivity index is 2.32. The lowest BCUT2D eigenvalue weighted by atomic mass is 10.0. The van der Waals surface area contributed by atoms with Gasteiger partial charge in [0.1, 0.15) is 5.84 Å². The van der Waals surface area contributed by atoms with Crippen LogP contribution in [0.1, 0.15) is 33.4 Å². The summed E-state index contributed by atoms with van der Waals surface area (Å²) in [7, 11) is 3.23. The van der Waals surface area contributed by atoms with Crippen LogP contribution in [0.5, 0.6) is 0 Å². The molecule has 0 aliphatic heterocycles. The van der Waals surface area contributed by atoms with E-state index in [2.05, 4.69) is 10.3 Å². The van der Waals surface area contributed by atoms with Crippen molar-refractivity contribution in [1.82, 2.24) is 4.90 Å². The van der Waals surface area contributed by atoms with E-state index in [4.69, 9.17) is 0 Å². The molecule has 0 atom stereocenters. The second-order valence-electron chi connectivity index (χ2n) is 9.04. The summed E-state index contributed by atoms with van der Waals surface area (Å²) in [6.07, 6.45) is -20.9. The van der Waals surface area contributed by atoms with E-state index in [1.165, 1.54) is 24.3 Å². The van der Waals surface area contributed by atoms with E-state index in [-0.39, 0.29) is 36.4 Å². The summed E-state index contributed by atoms with van der Waals surface area (Å²) in [5.41, 5.74) is -8.20. The van der Waals surface area contributed by atoms with Gasteiger partial charge in [0.15, 0.2) is 0 Å². The Kier molecular flexibility index (Phi) is 8.73. The number of anilines is 1. The van der Waals surface area contributed by atoms with Gasteiger partial charge in [0, 0.05) is 17.8 Å². The van der Waals surface area contributed by atoms with Gasteiger partial charge in [-0.15, -0.1) is 0 Å². The van der Waals surface area contributed by atoms with E-state index < -0.39 is 64.2 Å². The molecule has 0 unspecified atom stereocenters. The van der Waals surface area contributed by atoms with Crippen molar-refractivity contribution in [2.45, 2.75) is 31.2 Å². The number of aliphatic imine (C=N–C) groups is 1. The highest BCUT2D eigenvalue weighted by Gasteiger charge is 2.38. The van der Waals surface area contributed by atoms with Gasteiger partial charge in [0.25, 0.3) is 0 Å². The Morgan fingerprint density at radius 3 is 1.46 bits per heavy atom. The molecule has 222 valence electrons. The Bertz CT molecular complexity index is 1350. The summed E-state index contributed by atoms with van der Waals surface area (Å²) in [6.45, 7) is 0.115. The van der Waals surface area contributed by atoms with Gasteiger partial charge in [-0.25, -0.2) is 4.99 Å². The van der Waals surface area contributed by atoms with Crippen molar-refractivity contribution in [2.75, 3.05) is 19.4 Å². The zero-order chi connectivity index (χ0) is 31.0. The highest BCUT2D eigenvalue weighted by Crippen LogP contribution is 2.40. The van der Waals surface area contributed by atoms with Gasteiger partial charge < -0.3 is 10.2 Å². The van der Waals surface area contributed by atoms with Crippen LogP contribution in [0.4, 0.5) is 64.1 Å². The van der Waals surface area contributed by atoms with Crippen LogP contribution < -0.4 is 5.32 Å². The number of hydrogen-bond acceptors (Lipinski definition) is 2. The lowest BCUT2D eigenvalue weighted by Crippen LogP contribution is -2.20. The summed E-state index contributed by atoms with van der Waals surface area (Å²) in [5, 5.41) is 2.27. The molecule has 0 aromatic heterocycles. The van der Waals surface area contributed by atoms with Gasteiger partial charge in [-0.05, 0) is 56.1 Å². The topological polar surface area (TPSA) is 27.6 Å². The molecule has 0 heterocycles. The summed E-state index contributed by atoms with van der Waals surface area (Å²) < 4.78 is 161. The molecule has 3 rings (SSSR count). The third kappa shape index (κ3) is 8.38. The lowest BCUT2D eigenvalue weighted by Gasteiger charge is -2.19. The maximum absolute atomic E-state index is 13.4. The standard InChI is InChI=1S/C26H19F12N3/c1-41(2)13-14-5-3-4-6-21(14)22(39-19-9-15(23(27,28)29)7-16(10-19)24(30,31)32)40-20-11-17(25(33,34)35)8-18(12-20)26(36,37)38/h3-12H,13H2,1-2H3,(H,39,40). The van der Waals surface area contributed by atoms with Crippen molar-refractivity contribution in [3.63, 3.8) is 0 Å². The van der Waals surface area contributed by atoms with Crippen molar-refractivity contribution in [2.24, 2.45) is 4.99 Å². The molecule has 0 aliphatic carbocycles. The van der Waals surface area contributed by atoms with Crippen LogP contribution in [-0.4, -0.2) is 24.8 Å². The first-order valence-corrected chi connectivity index (χ1v) is 11.3. The van der Waals surface area contributed by atoms with E-state index in [9.17, 15) is 52.7 Å². The normalized spacial score (nSPS) is 13.6. The largest absolute Gasteiger partial charge is 0.416 e. The Morgan fingerprint density at radius 2 is 1.05 bits per heavy atom. The first kappa shape index (κ1) is 31.8. The van der Waals surface area contributed by atoms with E-state index in [1.807, 2.05) is 0 Å². The number of nitrogens with one attached hydrogen (secondary N) is 1. The van der Waals surface area contributed by atoms with Crippen LogP contribution in [0.25, 0.3) is 0 Å². The third-order valence-corrected chi connectivity index (χ3v) is 5.42. The third-order valence-electron chi connectivity index (χ3n) is 5.42. The van der Waals surface area contributed by atoms with Crippen LogP contribution in [0.2, 0.25) is 0 Å². The molecule has 0 spiro atoms. The van der Waals surface area contributed by atoms with Gasteiger partial charge in [0.2, 0.25) is 0 Å². The molecule has 15 heteroatoms. The molecule has 0 radical (unpaired) electrons.